The summed E-state index contributed by atoms with van der Waals surface area (Å²) in [5, 5.41) is 3.04. The Morgan fingerprint density at radius 2 is 1.83 bits per heavy atom. The predicted molar refractivity (Wildman–Crippen MR) is 67.0 cm³/mol. The van der Waals surface area contributed by atoms with Crippen molar-refractivity contribution in [3.63, 3.8) is 0 Å². The Morgan fingerprint density at radius 3 is 2.33 bits per heavy atom. The zero-order chi connectivity index (χ0) is 13.5. The zero-order valence-electron chi connectivity index (χ0n) is 10.7. The van der Waals surface area contributed by atoms with Gasteiger partial charge in [0.15, 0.2) is 0 Å². The van der Waals surface area contributed by atoms with Gasteiger partial charge in [0, 0.05) is 19.5 Å². The number of carbonyl (C=O) groups is 2. The normalized spacial score (nSPS) is 10.0. The molecule has 0 aliphatic carbocycles. The molecule has 98 valence electrons. The number of anilines is 1. The van der Waals surface area contributed by atoms with Gasteiger partial charge in [0.2, 0.25) is 0 Å². The minimum absolute atomic E-state index is 0.211. The molecule has 0 unspecified atom stereocenters. The van der Waals surface area contributed by atoms with Gasteiger partial charge in [-0.2, -0.15) is 0 Å². The summed E-state index contributed by atoms with van der Waals surface area (Å²) >= 11 is 0. The largest absolute Gasteiger partial charge is 0.423 e. The van der Waals surface area contributed by atoms with Gasteiger partial charge in [-0.25, -0.2) is 0 Å². The lowest BCUT2D eigenvalue weighted by Gasteiger charge is -2.17. The molecule has 0 radical (unpaired) electrons. The van der Waals surface area contributed by atoms with E-state index in [1.54, 1.807) is 0 Å². The lowest BCUT2D eigenvalue weighted by Crippen LogP contribution is -2.29. The van der Waals surface area contributed by atoms with Crippen LogP contribution in [-0.4, -0.2) is 24.8 Å². The molecule has 0 spiro atoms. The molecule has 0 aliphatic rings. The van der Waals surface area contributed by atoms with Crippen LogP contribution in [0.4, 0.5) is 5.69 Å². The van der Waals surface area contributed by atoms with Gasteiger partial charge in [-0.3, -0.25) is 9.59 Å². The van der Waals surface area contributed by atoms with Crippen molar-refractivity contribution in [3.8, 4) is 0 Å². The number of carbonyl (C=O) groups excluding carboxylic acids is 2. The number of nitrogens with one attached hydrogen (secondary N) is 1. The van der Waals surface area contributed by atoms with Crippen molar-refractivity contribution in [1.29, 1.82) is 0 Å². The predicted octanol–water partition coefficient (Wildman–Crippen LogP) is 1.86. The molecule has 0 atom stereocenters. The summed E-state index contributed by atoms with van der Waals surface area (Å²) in [6, 6.07) is 7.70. The van der Waals surface area contributed by atoms with Crippen molar-refractivity contribution < 1.29 is 19.1 Å². The number of hydrogen-bond donors (Lipinski definition) is 1. The van der Waals surface area contributed by atoms with Gasteiger partial charge in [-0.05, 0) is 24.6 Å². The second-order valence-corrected chi connectivity index (χ2v) is 3.90. The molecule has 0 saturated carbocycles. The highest BCUT2D eigenvalue weighted by atomic mass is 16.7. The van der Waals surface area contributed by atoms with Crippen LogP contribution >= 0.6 is 0 Å². The Balaban J connectivity index is 2.55. The fourth-order valence-electron chi connectivity index (χ4n) is 1.43. The van der Waals surface area contributed by atoms with E-state index in [9.17, 15) is 9.59 Å². The summed E-state index contributed by atoms with van der Waals surface area (Å²) in [7, 11) is 0. The maximum Gasteiger partial charge on any atom is 0.305 e. The third kappa shape index (κ3) is 5.34. The lowest BCUT2D eigenvalue weighted by molar-refractivity contribution is -0.182. The van der Waals surface area contributed by atoms with E-state index >= 15 is 0 Å². The highest BCUT2D eigenvalue weighted by Gasteiger charge is 2.14. The summed E-state index contributed by atoms with van der Waals surface area (Å²) < 4.78 is 9.74. The molecule has 0 aliphatic heterocycles. The molecule has 5 heteroatoms. The molecule has 1 aromatic carbocycles. The van der Waals surface area contributed by atoms with Crippen LogP contribution in [-0.2, 0) is 19.1 Å². The summed E-state index contributed by atoms with van der Waals surface area (Å²) in [5.74, 6) is -0.986. The van der Waals surface area contributed by atoms with Crippen molar-refractivity contribution in [2.45, 2.75) is 27.1 Å². The maximum absolute atomic E-state index is 10.9. The second-order valence-electron chi connectivity index (χ2n) is 3.90. The topological polar surface area (TPSA) is 64.6 Å². The first kappa shape index (κ1) is 14.0. The van der Waals surface area contributed by atoms with Crippen LogP contribution in [0.3, 0.4) is 0 Å². The molecular weight excluding hydrogens is 234 g/mol. The van der Waals surface area contributed by atoms with Crippen LogP contribution in [0.1, 0.15) is 19.4 Å². The van der Waals surface area contributed by atoms with Crippen LogP contribution in [0.25, 0.3) is 0 Å². The summed E-state index contributed by atoms with van der Waals surface area (Å²) in [4.78, 5) is 21.7. The lowest BCUT2D eigenvalue weighted by atomic mass is 10.2. The van der Waals surface area contributed by atoms with E-state index in [0.29, 0.717) is 0 Å². The minimum atomic E-state index is -0.916. The van der Waals surface area contributed by atoms with E-state index < -0.39 is 18.2 Å². The SMILES string of the molecule is CC(=O)OC(CNc1cccc(C)c1)OC(C)=O. The summed E-state index contributed by atoms with van der Waals surface area (Å²) in [6.45, 7) is 4.72. The smallest absolute Gasteiger partial charge is 0.305 e. The number of hydrogen-bond acceptors (Lipinski definition) is 5. The monoisotopic (exact) mass is 251 g/mol. The summed E-state index contributed by atoms with van der Waals surface area (Å²) in [6.07, 6.45) is -0.916. The Bertz CT molecular complexity index is 415. The van der Waals surface area contributed by atoms with Crippen LogP contribution in [0, 0.1) is 6.92 Å². The molecule has 18 heavy (non-hydrogen) atoms. The molecule has 0 fully saturated rings. The van der Waals surface area contributed by atoms with Gasteiger partial charge >= 0.3 is 11.9 Å². The molecule has 0 bridgehead atoms. The molecule has 0 saturated heterocycles. The average molecular weight is 251 g/mol. The Hall–Kier alpha value is -2.04. The van der Waals surface area contributed by atoms with Crippen LogP contribution in [0.5, 0.6) is 0 Å². The molecule has 0 amide bonds. The van der Waals surface area contributed by atoms with Crippen molar-refractivity contribution in [1.82, 2.24) is 0 Å². The van der Waals surface area contributed by atoms with Gasteiger partial charge in [0.1, 0.15) is 0 Å². The first-order valence-corrected chi connectivity index (χ1v) is 5.62. The van der Waals surface area contributed by atoms with E-state index in [0.717, 1.165) is 11.3 Å². The fourth-order valence-corrected chi connectivity index (χ4v) is 1.43. The first-order chi connectivity index (χ1) is 8.47. The van der Waals surface area contributed by atoms with E-state index in [1.165, 1.54) is 13.8 Å². The van der Waals surface area contributed by atoms with E-state index in [-0.39, 0.29) is 6.54 Å². The Morgan fingerprint density at radius 1 is 1.22 bits per heavy atom. The number of benzene rings is 1. The molecule has 5 nitrogen and oxygen atoms in total. The van der Waals surface area contributed by atoms with E-state index in [2.05, 4.69) is 5.32 Å². The number of aryl methyl sites for hydroxylation is 1. The highest BCUT2D eigenvalue weighted by molar-refractivity contribution is 5.68. The standard InChI is InChI=1S/C13H17NO4/c1-9-5-4-6-12(7-9)14-8-13(17-10(2)15)18-11(3)16/h4-7,13-14H,8H2,1-3H3. The summed E-state index contributed by atoms with van der Waals surface area (Å²) in [5.41, 5.74) is 1.98. The second kappa shape index (κ2) is 6.64. The minimum Gasteiger partial charge on any atom is -0.423 e. The fraction of sp³-hybridized carbons (Fsp3) is 0.385. The molecular formula is C13H17NO4. The van der Waals surface area contributed by atoms with Crippen molar-refractivity contribution >= 4 is 17.6 Å². The van der Waals surface area contributed by atoms with Crippen LogP contribution in [0.15, 0.2) is 24.3 Å². The molecule has 0 aromatic heterocycles. The van der Waals surface area contributed by atoms with Gasteiger partial charge in [0.25, 0.3) is 6.29 Å². The van der Waals surface area contributed by atoms with Gasteiger partial charge in [-0.1, -0.05) is 12.1 Å². The van der Waals surface area contributed by atoms with Crippen LogP contribution < -0.4 is 5.32 Å². The maximum atomic E-state index is 10.9. The highest BCUT2D eigenvalue weighted by Crippen LogP contribution is 2.10. The quantitative estimate of drug-likeness (QED) is 0.639. The van der Waals surface area contributed by atoms with Gasteiger partial charge in [0.05, 0.1) is 6.54 Å². The Labute approximate surface area is 106 Å². The third-order valence-electron chi connectivity index (χ3n) is 2.09. The molecule has 0 heterocycles. The molecule has 1 aromatic rings. The first-order valence-electron chi connectivity index (χ1n) is 5.62. The van der Waals surface area contributed by atoms with Gasteiger partial charge in [-0.15, -0.1) is 0 Å². The third-order valence-corrected chi connectivity index (χ3v) is 2.09. The molecule has 1 rings (SSSR count). The van der Waals surface area contributed by atoms with E-state index in [1.807, 2.05) is 31.2 Å². The number of ether oxygens (including phenoxy) is 2. The molecule has 1 N–H and O–H groups in total. The van der Waals surface area contributed by atoms with Crippen molar-refractivity contribution in [3.05, 3.63) is 29.8 Å². The number of esters is 2. The van der Waals surface area contributed by atoms with Gasteiger partial charge < -0.3 is 14.8 Å². The average Bonchev–Trinajstić information content (AvgIpc) is 2.24. The number of rotatable bonds is 5. The van der Waals surface area contributed by atoms with Crippen molar-refractivity contribution in [2.24, 2.45) is 0 Å². The van der Waals surface area contributed by atoms with Crippen molar-refractivity contribution in [2.75, 3.05) is 11.9 Å². The van der Waals surface area contributed by atoms with Crippen LogP contribution in [0.2, 0.25) is 0 Å². The Kier molecular flexibility index (Phi) is 5.17. The van der Waals surface area contributed by atoms with E-state index in [4.69, 9.17) is 9.47 Å². The zero-order valence-corrected chi connectivity index (χ0v) is 10.7.